The third-order valence-corrected chi connectivity index (χ3v) is 18.4. The molecule has 0 spiro atoms. The van der Waals surface area contributed by atoms with Crippen LogP contribution >= 0.6 is 31.1 Å². The van der Waals surface area contributed by atoms with Crippen LogP contribution in [0.4, 0.5) is 16.6 Å². The molecule has 0 aromatic carbocycles. The van der Waals surface area contributed by atoms with E-state index < -0.39 is 153 Å². The Morgan fingerprint density at radius 1 is 0.846 bits per heavy atom. The number of ether oxygens (including phenoxy) is 5. The molecule has 3 aliphatic rings. The Labute approximate surface area is 435 Å². The van der Waals surface area contributed by atoms with E-state index in [4.69, 9.17) is 48.7 Å². The number of carbonyl (C=O) groups excluding carboxylic acids is 1. The normalized spacial score (nSPS) is 29.5. The molecule has 3 fully saturated rings. The zero-order valence-electron chi connectivity index (χ0n) is 40.6. The summed E-state index contributed by atoms with van der Waals surface area (Å²) in [4.78, 5) is 113. The average molecular weight is 1190 g/mol. The molecule has 5 aromatic heterocycles. The summed E-state index contributed by atoms with van der Waals surface area (Å²) in [5, 5.41) is 35.4. The first-order valence-electron chi connectivity index (χ1n) is 22.8. The highest BCUT2D eigenvalue weighted by atomic mass is 31.3. The van der Waals surface area contributed by atoms with E-state index in [1.807, 2.05) is 4.98 Å². The Morgan fingerprint density at radius 2 is 1.51 bits per heavy atom. The molecule has 430 valence electrons. The van der Waals surface area contributed by atoms with E-state index in [2.05, 4.69) is 38.9 Å². The number of fused-ring (bicyclic) bond motifs is 2. The van der Waals surface area contributed by atoms with Gasteiger partial charge in [-0.1, -0.05) is 11.9 Å². The minimum atomic E-state index is -6.26. The van der Waals surface area contributed by atoms with Gasteiger partial charge in [0, 0.05) is 31.8 Å². The summed E-state index contributed by atoms with van der Waals surface area (Å²) in [6, 6.07) is 0.921. The van der Waals surface area contributed by atoms with Crippen molar-refractivity contribution in [2.75, 3.05) is 51.5 Å². The molecule has 0 saturated carbocycles. The first kappa shape index (κ1) is 58.9. The average Bonchev–Trinajstić information content (AvgIpc) is 4.26. The Kier molecular flexibility index (Phi) is 17.4. The smallest absolute Gasteiger partial charge is 0.450 e. The lowest BCUT2D eigenvalue weighted by molar-refractivity contribution is -0.745. The van der Waals surface area contributed by atoms with Gasteiger partial charge in [-0.25, -0.2) is 42.8 Å². The maximum absolute atomic E-state index is 14.3. The second-order valence-corrected chi connectivity index (χ2v) is 24.0. The Bertz CT molecular complexity index is 3410. The van der Waals surface area contributed by atoms with Crippen LogP contribution in [0, 0.1) is 5.92 Å². The molecule has 14 N–H and O–H groups in total. The van der Waals surface area contributed by atoms with Gasteiger partial charge in [0.15, 0.2) is 30.2 Å². The number of hydrogen-bond acceptors (Lipinski definition) is 27. The summed E-state index contributed by atoms with van der Waals surface area (Å²) >= 11 is 0. The van der Waals surface area contributed by atoms with Crippen molar-refractivity contribution in [3.05, 3.63) is 62.4 Å². The number of aliphatic hydroxyl groups is 3. The van der Waals surface area contributed by atoms with Gasteiger partial charge in [-0.15, -0.1) is 0 Å². The van der Waals surface area contributed by atoms with Crippen molar-refractivity contribution < 1.29 is 108 Å². The number of carbonyl (C=O) groups is 1. The number of imidazole rings is 2. The molecule has 3 aliphatic heterocycles. The Morgan fingerprint density at radius 3 is 2.18 bits per heavy atom. The van der Waals surface area contributed by atoms with Crippen LogP contribution in [0.2, 0.25) is 0 Å². The molecule has 5 aromatic rings. The van der Waals surface area contributed by atoms with E-state index >= 15 is 0 Å². The molecule has 38 nitrogen and oxygen atoms in total. The topological polar surface area (TPSA) is 536 Å². The fourth-order valence-electron chi connectivity index (χ4n) is 8.77. The van der Waals surface area contributed by atoms with Gasteiger partial charge in [0.25, 0.3) is 17.1 Å². The Balaban J connectivity index is 0.965. The number of phosphoric acid groups is 3. The zero-order chi connectivity index (χ0) is 56.8. The van der Waals surface area contributed by atoms with Crippen molar-refractivity contribution in [2.24, 2.45) is 13.0 Å². The second-order valence-electron chi connectivity index (χ2n) is 17.4. The predicted molar refractivity (Wildman–Crippen MR) is 254 cm³/mol. The molecule has 4 unspecified atom stereocenters. The van der Waals surface area contributed by atoms with E-state index in [1.165, 1.54) is 27.1 Å². The van der Waals surface area contributed by atoms with Crippen molar-refractivity contribution in [1.82, 2.24) is 48.9 Å². The number of H-pyrrole nitrogens is 2. The minimum Gasteiger partial charge on any atom is -0.450 e. The lowest BCUT2D eigenvalue weighted by Gasteiger charge is -2.28. The second kappa shape index (κ2) is 23.1. The molecule has 78 heavy (non-hydrogen) atoms. The monoisotopic (exact) mass is 1190 g/mol. The van der Waals surface area contributed by atoms with Gasteiger partial charge in [0.1, 0.15) is 54.1 Å². The van der Waals surface area contributed by atoms with Crippen LogP contribution in [0.1, 0.15) is 32.0 Å². The zero-order valence-corrected chi connectivity index (χ0v) is 44.1. The van der Waals surface area contributed by atoms with Crippen molar-refractivity contribution in [1.29, 1.82) is 0 Å². The number of methoxy groups -OCH3 is 1. The van der Waals surface area contributed by atoms with E-state index in [9.17, 15) is 72.3 Å². The molecule has 8 heterocycles. The molecule has 42 heteroatoms. The summed E-state index contributed by atoms with van der Waals surface area (Å²) in [7, 11) is -21.0. The fraction of sp³-hybridized carbons (Fsp3) is 0.583. The number of nitrogen functional groups attached to an aromatic ring is 2. The molecular weight excluding hydrogens is 1140 g/mol. The lowest BCUT2D eigenvalue weighted by Crippen LogP contribution is -2.46. The summed E-state index contributed by atoms with van der Waals surface area (Å²) < 4.78 is 110. The minimum absolute atomic E-state index is 0.0177. The highest BCUT2D eigenvalue weighted by Crippen LogP contribution is 2.68. The van der Waals surface area contributed by atoms with E-state index in [0.717, 1.165) is 36.6 Å². The van der Waals surface area contributed by atoms with E-state index in [1.54, 1.807) is 6.92 Å². The van der Waals surface area contributed by atoms with Crippen molar-refractivity contribution >= 4 is 71.3 Å². The van der Waals surface area contributed by atoms with Crippen molar-refractivity contribution in [2.45, 2.75) is 80.4 Å². The molecule has 0 radical (unpaired) electrons. The van der Waals surface area contributed by atoms with Crippen LogP contribution < -0.4 is 38.2 Å². The summed E-state index contributed by atoms with van der Waals surface area (Å²) in [5.74, 6) is -1.66. The molecule has 0 aliphatic carbocycles. The number of nitrogens with two attached hydrogens (primary N) is 2. The molecule has 0 bridgehead atoms. The maximum atomic E-state index is 14.3. The van der Waals surface area contributed by atoms with Gasteiger partial charge in [0.05, 0.1) is 45.9 Å². The number of alkyl carbamates (subject to hydrolysis) is 1. The number of aliphatic hydroxyl groups excluding tert-OH is 3. The van der Waals surface area contributed by atoms with Crippen LogP contribution in [0.3, 0.4) is 0 Å². The third-order valence-electron chi connectivity index (χ3n) is 12.2. The number of aryl methyl sites for hydroxylation is 1. The SMILES string of the molecule is CCCOC(=O)NC[C@H]1[C@@H](O)[C@H]([n+]2cn(C)c3c(=O)[nH]c(N)nc32)O[C@@H]1COP(=O)(O)OP(=O)(O)OP(=O)(O)OC[C@H]1O[C@@H](n2cnc3c(N)ncnc32)[C@H](OC)[C@@H]1P(=O)(O)OC[C@H]1O[C@@H](n2ccc(=O)[nH]c2=O)[C@H](O)[C@@H]1O. The van der Waals surface area contributed by atoms with Gasteiger partial charge in [-0.3, -0.25) is 46.9 Å². The largest absolute Gasteiger partial charge is 0.490 e. The summed E-state index contributed by atoms with van der Waals surface area (Å²) in [6.07, 6.45) is -12.7. The standard InChI is InChI=1S/C36H51N13O25P4/c1-4-7-66-36(56)39-8-15-16(70-31(22(15)51)49-14-46(2)21-29(49)44-34(38)45-30(21)54)9-68-76(59,60)73-78(63,64)74-77(61,62)69-11-18-26(25(65-3)33(72-18)48-13-42-20-27(37)40-12-41-28(20)48)75(57,58)67-10-17-23(52)24(53)32(71-17)47-6-5-19(50)43-35(47)55/h5-6,12-18,22-26,31-33,51-53H,4,7-11H2,1-3H3,(H10-,37,38,39,40,41,43,44,45,50,54,55,56,57,58,59,60,61,62,63,64)/p+1/t15-,16-,17-,18-,22-,23-,24-,25-,26-,31-,32-,33-/m1/s1. The van der Waals surface area contributed by atoms with Crippen LogP contribution in [0.25, 0.3) is 22.3 Å². The molecule has 1 amide bonds. The Hall–Kier alpha value is -5.27. The number of aromatic nitrogens is 10. The summed E-state index contributed by atoms with van der Waals surface area (Å²) in [5.41, 5.74) is 7.10. The van der Waals surface area contributed by atoms with Crippen LogP contribution in [0.5, 0.6) is 0 Å². The number of nitrogens with zero attached hydrogens (tertiary/aromatic N) is 8. The molecular formula is C36H52N13O25P4+. The predicted octanol–water partition coefficient (Wildman–Crippen LogP) is -3.42. The number of amides is 1. The molecule has 3 saturated heterocycles. The van der Waals surface area contributed by atoms with Crippen LogP contribution in [0.15, 0.2) is 45.6 Å². The maximum Gasteiger partial charge on any atom is 0.490 e. The number of aromatic amines is 2. The number of rotatable bonds is 22. The number of hydrogen-bond donors (Lipinski definition) is 12. The fourth-order valence-corrected chi connectivity index (χ4v) is 14.0. The number of nitrogens with one attached hydrogen (secondary N) is 3. The summed E-state index contributed by atoms with van der Waals surface area (Å²) in [6.45, 7) is -2.10. The van der Waals surface area contributed by atoms with E-state index in [0.29, 0.717) is 6.42 Å². The number of anilines is 2. The van der Waals surface area contributed by atoms with E-state index in [-0.39, 0.29) is 40.7 Å². The van der Waals surface area contributed by atoms with Crippen molar-refractivity contribution in [3.63, 3.8) is 0 Å². The highest BCUT2D eigenvalue weighted by molar-refractivity contribution is 7.66. The van der Waals surface area contributed by atoms with Gasteiger partial charge in [0.2, 0.25) is 11.7 Å². The lowest BCUT2D eigenvalue weighted by atomic mass is 9.98. The van der Waals surface area contributed by atoms with Crippen LogP contribution in [-0.4, -0.2) is 173 Å². The first-order chi connectivity index (χ1) is 36.6. The third kappa shape index (κ3) is 12.5. The quantitative estimate of drug-likeness (QED) is 0.0237. The first-order valence-corrected chi connectivity index (χ1v) is 28.9. The van der Waals surface area contributed by atoms with Crippen LogP contribution in [-0.2, 0) is 71.2 Å². The van der Waals surface area contributed by atoms with Gasteiger partial charge in [-0.2, -0.15) is 8.62 Å². The highest BCUT2D eigenvalue weighted by Gasteiger charge is 2.58. The van der Waals surface area contributed by atoms with Gasteiger partial charge >= 0.3 is 48.5 Å². The molecule has 16 atom stereocenters. The van der Waals surface area contributed by atoms with Crippen molar-refractivity contribution in [3.8, 4) is 0 Å². The number of phosphoric ester groups is 2. The molecule has 8 rings (SSSR count). The van der Waals surface area contributed by atoms with Gasteiger partial charge < -0.3 is 79.9 Å². The van der Waals surface area contributed by atoms with Gasteiger partial charge in [-0.05, 0) is 6.42 Å².